The summed E-state index contributed by atoms with van der Waals surface area (Å²) in [7, 11) is 0. The van der Waals surface area contributed by atoms with Crippen LogP contribution in [-0.4, -0.2) is 35.1 Å². The first-order valence-corrected chi connectivity index (χ1v) is 5.19. The first-order chi connectivity index (χ1) is 8.37. The molecule has 0 radical (unpaired) electrons. The largest absolute Gasteiger partial charge is 0.401 e. The van der Waals surface area contributed by atoms with Gasteiger partial charge in [-0.2, -0.15) is 13.2 Å². The maximum absolute atomic E-state index is 11.8. The van der Waals surface area contributed by atoms with Crippen molar-refractivity contribution in [3.8, 4) is 0 Å². The van der Waals surface area contributed by atoms with Crippen molar-refractivity contribution in [2.75, 3.05) is 13.1 Å². The van der Waals surface area contributed by atoms with Gasteiger partial charge < -0.3 is 10.6 Å². The molecule has 0 aliphatic rings. The minimum absolute atomic E-state index is 0.163. The first-order valence-electron chi connectivity index (χ1n) is 5.19. The van der Waals surface area contributed by atoms with Crippen LogP contribution in [0, 0.1) is 6.92 Å². The molecule has 1 amide bonds. The number of alkyl halides is 3. The Balaban J connectivity index is 2.25. The summed E-state index contributed by atoms with van der Waals surface area (Å²) >= 11 is 0. The van der Waals surface area contributed by atoms with Crippen LogP contribution in [0.1, 0.15) is 11.5 Å². The lowest BCUT2D eigenvalue weighted by atomic mass is 10.4. The quantitative estimate of drug-likeness (QED) is 0.813. The fourth-order valence-corrected chi connectivity index (χ4v) is 1.17. The van der Waals surface area contributed by atoms with E-state index in [0.29, 0.717) is 11.5 Å². The van der Waals surface area contributed by atoms with Gasteiger partial charge in [-0.1, -0.05) is 0 Å². The maximum atomic E-state index is 11.8. The van der Waals surface area contributed by atoms with Crippen molar-refractivity contribution < 1.29 is 18.0 Å². The molecule has 0 fully saturated rings. The number of hydrogen-bond donors (Lipinski definition) is 2. The van der Waals surface area contributed by atoms with Gasteiger partial charge in [0.1, 0.15) is 5.82 Å². The SMILES string of the molecule is Cc1nccc(CNC(=O)CNCC(F)(F)F)n1. The molecule has 0 saturated carbocycles. The molecule has 18 heavy (non-hydrogen) atoms. The molecule has 0 aliphatic heterocycles. The van der Waals surface area contributed by atoms with E-state index < -0.39 is 18.6 Å². The van der Waals surface area contributed by atoms with E-state index in [1.54, 1.807) is 19.2 Å². The fourth-order valence-electron chi connectivity index (χ4n) is 1.17. The Morgan fingerprint density at radius 3 is 2.78 bits per heavy atom. The summed E-state index contributed by atoms with van der Waals surface area (Å²) in [6.45, 7) is 0.294. The summed E-state index contributed by atoms with van der Waals surface area (Å²) < 4.78 is 35.4. The number of carbonyl (C=O) groups is 1. The highest BCUT2D eigenvalue weighted by atomic mass is 19.4. The predicted molar refractivity (Wildman–Crippen MR) is 57.5 cm³/mol. The maximum Gasteiger partial charge on any atom is 0.401 e. The van der Waals surface area contributed by atoms with Crippen LogP contribution in [0.25, 0.3) is 0 Å². The molecule has 0 unspecified atom stereocenters. The Hall–Kier alpha value is -1.70. The normalized spacial score (nSPS) is 11.3. The molecule has 0 bridgehead atoms. The molecule has 100 valence electrons. The summed E-state index contributed by atoms with van der Waals surface area (Å²) in [6, 6.07) is 1.62. The molecule has 8 heteroatoms. The van der Waals surface area contributed by atoms with Crippen LogP contribution < -0.4 is 10.6 Å². The average molecular weight is 262 g/mol. The third kappa shape index (κ3) is 6.14. The first kappa shape index (κ1) is 14.4. The van der Waals surface area contributed by atoms with Crippen LogP contribution in [0.5, 0.6) is 0 Å². The van der Waals surface area contributed by atoms with Crippen molar-refractivity contribution in [2.24, 2.45) is 0 Å². The number of amides is 1. The molecule has 1 aromatic heterocycles. The number of hydrogen-bond acceptors (Lipinski definition) is 4. The lowest BCUT2D eigenvalue weighted by Crippen LogP contribution is -2.38. The molecule has 0 aliphatic carbocycles. The van der Waals surface area contributed by atoms with Crippen molar-refractivity contribution in [2.45, 2.75) is 19.6 Å². The van der Waals surface area contributed by atoms with Gasteiger partial charge in [0.25, 0.3) is 0 Å². The van der Waals surface area contributed by atoms with Gasteiger partial charge in [0.15, 0.2) is 0 Å². The standard InChI is InChI=1S/C10H13F3N4O/c1-7-15-3-2-8(17-7)4-16-9(18)5-14-6-10(11,12)13/h2-3,14H,4-6H2,1H3,(H,16,18). The number of rotatable bonds is 5. The van der Waals surface area contributed by atoms with Gasteiger partial charge >= 0.3 is 6.18 Å². The zero-order valence-corrected chi connectivity index (χ0v) is 9.71. The Kier molecular flexibility index (Phi) is 5.02. The highest BCUT2D eigenvalue weighted by molar-refractivity contribution is 5.77. The fraction of sp³-hybridized carbons (Fsp3) is 0.500. The molecule has 1 heterocycles. The van der Waals surface area contributed by atoms with Crippen LogP contribution in [0.15, 0.2) is 12.3 Å². The van der Waals surface area contributed by atoms with Crippen molar-refractivity contribution in [1.29, 1.82) is 0 Å². The molecule has 0 spiro atoms. The molecule has 0 aromatic carbocycles. The molecule has 0 saturated heterocycles. The smallest absolute Gasteiger partial charge is 0.349 e. The molecular formula is C10H13F3N4O. The zero-order chi connectivity index (χ0) is 13.6. The van der Waals surface area contributed by atoms with Crippen LogP contribution in [-0.2, 0) is 11.3 Å². The van der Waals surface area contributed by atoms with Crippen LogP contribution >= 0.6 is 0 Å². The second-order valence-electron chi connectivity index (χ2n) is 3.59. The van der Waals surface area contributed by atoms with E-state index in [1.165, 1.54) is 0 Å². The third-order valence-corrected chi connectivity index (χ3v) is 1.91. The van der Waals surface area contributed by atoms with E-state index in [2.05, 4.69) is 15.3 Å². The minimum atomic E-state index is -4.32. The van der Waals surface area contributed by atoms with Crippen molar-refractivity contribution in [1.82, 2.24) is 20.6 Å². The van der Waals surface area contributed by atoms with E-state index in [4.69, 9.17) is 0 Å². The number of aryl methyl sites for hydroxylation is 1. The third-order valence-electron chi connectivity index (χ3n) is 1.91. The number of halogens is 3. The second kappa shape index (κ2) is 6.29. The summed E-state index contributed by atoms with van der Waals surface area (Å²) in [5.74, 6) is 0.0486. The molecule has 1 rings (SSSR count). The summed E-state index contributed by atoms with van der Waals surface area (Å²) in [6.07, 6.45) is -2.77. The van der Waals surface area contributed by atoms with Gasteiger partial charge in [0, 0.05) is 6.20 Å². The lowest BCUT2D eigenvalue weighted by molar-refractivity contribution is -0.128. The van der Waals surface area contributed by atoms with E-state index in [0.717, 1.165) is 0 Å². The molecule has 0 atom stereocenters. The number of carbonyl (C=O) groups excluding carboxylic acids is 1. The van der Waals surface area contributed by atoms with Gasteiger partial charge in [-0.05, 0) is 13.0 Å². The number of nitrogens with one attached hydrogen (secondary N) is 2. The molecule has 1 aromatic rings. The Morgan fingerprint density at radius 2 is 2.17 bits per heavy atom. The van der Waals surface area contributed by atoms with E-state index in [1.807, 2.05) is 5.32 Å². The average Bonchev–Trinajstić information content (AvgIpc) is 2.25. The van der Waals surface area contributed by atoms with Crippen molar-refractivity contribution in [3.05, 3.63) is 23.8 Å². The topological polar surface area (TPSA) is 66.9 Å². The molecule has 5 nitrogen and oxygen atoms in total. The van der Waals surface area contributed by atoms with Gasteiger partial charge in [0.2, 0.25) is 5.91 Å². The van der Waals surface area contributed by atoms with Crippen molar-refractivity contribution >= 4 is 5.91 Å². The monoisotopic (exact) mass is 262 g/mol. The van der Waals surface area contributed by atoms with Gasteiger partial charge in [-0.15, -0.1) is 0 Å². The van der Waals surface area contributed by atoms with Gasteiger partial charge in [0.05, 0.1) is 25.3 Å². The van der Waals surface area contributed by atoms with Gasteiger partial charge in [-0.25, -0.2) is 9.97 Å². The summed E-state index contributed by atoms with van der Waals surface area (Å²) in [5.41, 5.74) is 0.603. The van der Waals surface area contributed by atoms with Crippen LogP contribution in [0.3, 0.4) is 0 Å². The summed E-state index contributed by atoms with van der Waals surface area (Å²) in [5, 5.41) is 4.46. The van der Waals surface area contributed by atoms with Crippen molar-refractivity contribution in [3.63, 3.8) is 0 Å². The Bertz CT molecular complexity index is 408. The lowest BCUT2D eigenvalue weighted by Gasteiger charge is -2.08. The predicted octanol–water partition coefficient (Wildman–Crippen LogP) is 0.553. The van der Waals surface area contributed by atoms with Gasteiger partial charge in [-0.3, -0.25) is 4.79 Å². The van der Waals surface area contributed by atoms with E-state index >= 15 is 0 Å². The highest BCUT2D eigenvalue weighted by Gasteiger charge is 2.26. The Labute approximate surface area is 102 Å². The van der Waals surface area contributed by atoms with Crippen LogP contribution in [0.2, 0.25) is 0 Å². The Morgan fingerprint density at radius 1 is 1.44 bits per heavy atom. The zero-order valence-electron chi connectivity index (χ0n) is 9.71. The number of aromatic nitrogens is 2. The minimum Gasteiger partial charge on any atom is -0.349 e. The summed E-state index contributed by atoms with van der Waals surface area (Å²) in [4.78, 5) is 19.1. The van der Waals surface area contributed by atoms with E-state index in [9.17, 15) is 18.0 Å². The highest BCUT2D eigenvalue weighted by Crippen LogP contribution is 2.11. The number of nitrogens with zero attached hydrogens (tertiary/aromatic N) is 2. The molecular weight excluding hydrogens is 249 g/mol. The van der Waals surface area contributed by atoms with E-state index in [-0.39, 0.29) is 13.1 Å². The molecule has 2 N–H and O–H groups in total. The second-order valence-corrected chi connectivity index (χ2v) is 3.59. The van der Waals surface area contributed by atoms with Crippen LogP contribution in [0.4, 0.5) is 13.2 Å².